The Labute approximate surface area is 213 Å². The molecule has 2 heterocycles. The average Bonchev–Trinajstić information content (AvgIpc) is 3.20. The van der Waals surface area contributed by atoms with Gasteiger partial charge in [0.1, 0.15) is 5.82 Å². The molecule has 0 aliphatic heterocycles. The van der Waals surface area contributed by atoms with E-state index in [0.29, 0.717) is 27.0 Å². The summed E-state index contributed by atoms with van der Waals surface area (Å²) in [5.74, 6) is 2.13. The molecule has 2 aromatic heterocycles. The minimum atomic E-state index is 0.0314. The first-order valence-corrected chi connectivity index (χ1v) is 13.8. The van der Waals surface area contributed by atoms with Crippen LogP contribution in [0, 0.1) is 19.8 Å². The third kappa shape index (κ3) is 6.52. The van der Waals surface area contributed by atoms with Gasteiger partial charge in [-0.05, 0) is 56.9 Å². The van der Waals surface area contributed by atoms with Crippen molar-refractivity contribution in [1.82, 2.24) is 30.0 Å². The largest absolute Gasteiger partial charge is 0.352 e. The zero-order chi connectivity index (χ0) is 24.1. The molecule has 1 aromatic carbocycles. The number of hydrogen-bond donors (Lipinski definition) is 1. The Morgan fingerprint density at radius 1 is 1.12 bits per heavy atom. The lowest BCUT2D eigenvalue weighted by molar-refractivity contribution is -0.119. The van der Waals surface area contributed by atoms with E-state index in [9.17, 15) is 4.79 Å². The van der Waals surface area contributed by atoms with Gasteiger partial charge in [0, 0.05) is 22.5 Å². The quantitative estimate of drug-likeness (QED) is 0.316. The van der Waals surface area contributed by atoms with Crippen molar-refractivity contribution in [2.24, 2.45) is 5.92 Å². The lowest BCUT2D eigenvalue weighted by Gasteiger charge is -2.29. The molecule has 180 valence electrons. The van der Waals surface area contributed by atoms with E-state index in [0.717, 1.165) is 29.3 Å². The second-order valence-electron chi connectivity index (χ2n) is 8.66. The maximum absolute atomic E-state index is 12.7. The first-order chi connectivity index (χ1) is 16.4. The second kappa shape index (κ2) is 11.6. The summed E-state index contributed by atoms with van der Waals surface area (Å²) in [6.07, 6.45) is 4.65. The van der Waals surface area contributed by atoms with E-state index < -0.39 is 0 Å². The molecule has 1 aliphatic rings. The number of carbonyl (C=O) groups excluding carboxylic acids is 1. The number of hydrogen-bond acceptors (Lipinski definition) is 7. The molecule has 0 unspecified atom stereocenters. The fraction of sp³-hybridized carbons (Fsp3) is 0.458. The molecular formula is C24H29ClN6OS2. The smallest absolute Gasteiger partial charge is 0.230 e. The fourth-order valence-electron chi connectivity index (χ4n) is 4.16. The normalized spacial score (nSPS) is 18.1. The predicted octanol–water partition coefficient (Wildman–Crippen LogP) is 5.41. The summed E-state index contributed by atoms with van der Waals surface area (Å²) in [7, 11) is 0. The highest BCUT2D eigenvalue weighted by Gasteiger charge is 2.23. The Bertz CT molecular complexity index is 1130. The molecule has 10 heteroatoms. The molecule has 34 heavy (non-hydrogen) atoms. The molecule has 7 nitrogen and oxygen atoms in total. The minimum Gasteiger partial charge on any atom is -0.352 e. The Kier molecular flexibility index (Phi) is 8.50. The summed E-state index contributed by atoms with van der Waals surface area (Å²) in [4.78, 5) is 21.7. The van der Waals surface area contributed by atoms with Gasteiger partial charge in [-0.2, -0.15) is 0 Å². The van der Waals surface area contributed by atoms with Crippen molar-refractivity contribution in [2.45, 2.75) is 68.6 Å². The third-order valence-electron chi connectivity index (χ3n) is 5.85. The van der Waals surface area contributed by atoms with Crippen LogP contribution in [0.25, 0.3) is 5.69 Å². The monoisotopic (exact) mass is 516 g/mol. The number of amides is 1. The number of nitrogens with zero attached hydrogens (tertiary/aromatic N) is 5. The minimum absolute atomic E-state index is 0.0314. The number of nitrogens with one attached hydrogen (secondary N) is 1. The maximum atomic E-state index is 12.7. The van der Waals surface area contributed by atoms with Crippen LogP contribution < -0.4 is 5.32 Å². The molecule has 3 aromatic rings. The highest BCUT2D eigenvalue weighted by Crippen LogP contribution is 2.28. The van der Waals surface area contributed by atoms with Crippen molar-refractivity contribution in [3.63, 3.8) is 0 Å². The average molecular weight is 517 g/mol. The fourth-order valence-corrected chi connectivity index (χ4v) is 5.99. The number of carbonyl (C=O) groups is 1. The maximum Gasteiger partial charge on any atom is 0.230 e. The van der Waals surface area contributed by atoms with Crippen molar-refractivity contribution < 1.29 is 4.79 Å². The SMILES string of the molecule is Cc1cc(C)nc(SCc2nnc(SCC(=O)N[C@@H]3CCCC[C@@H]3C)n2-c2cccc(Cl)c2)n1. The summed E-state index contributed by atoms with van der Waals surface area (Å²) in [6.45, 7) is 6.14. The number of benzene rings is 1. The molecule has 1 aliphatic carbocycles. The summed E-state index contributed by atoms with van der Waals surface area (Å²) >= 11 is 9.17. The van der Waals surface area contributed by atoms with E-state index in [1.54, 1.807) is 0 Å². The van der Waals surface area contributed by atoms with Crippen LogP contribution in [0.4, 0.5) is 0 Å². The number of aryl methyl sites for hydroxylation is 2. The molecule has 0 saturated heterocycles. The highest BCUT2D eigenvalue weighted by molar-refractivity contribution is 7.99. The van der Waals surface area contributed by atoms with Gasteiger partial charge in [-0.3, -0.25) is 9.36 Å². The van der Waals surface area contributed by atoms with Crippen LogP contribution in [0.1, 0.15) is 49.8 Å². The molecule has 0 bridgehead atoms. The Hall–Kier alpha value is -2.10. The van der Waals surface area contributed by atoms with E-state index >= 15 is 0 Å². The van der Waals surface area contributed by atoms with Crippen LogP contribution in [0.2, 0.25) is 5.02 Å². The standard InChI is InChI=1S/C24H29ClN6OS2/c1-15-7-4-5-10-20(15)28-22(32)14-34-24-30-29-21(31(24)19-9-6-8-18(25)12-19)13-33-23-26-16(2)11-17(3)27-23/h6,8-9,11-12,15,20H,4-5,7,10,13-14H2,1-3H3,(H,28,32)/t15-,20+/m0/s1. The van der Waals surface area contributed by atoms with E-state index in [1.165, 1.54) is 42.8 Å². The molecule has 0 radical (unpaired) electrons. The topological polar surface area (TPSA) is 85.6 Å². The van der Waals surface area contributed by atoms with Crippen molar-refractivity contribution >= 4 is 41.0 Å². The Balaban J connectivity index is 1.50. The van der Waals surface area contributed by atoms with Crippen LogP contribution in [-0.4, -0.2) is 42.4 Å². The van der Waals surface area contributed by atoms with Gasteiger partial charge in [-0.15, -0.1) is 10.2 Å². The van der Waals surface area contributed by atoms with Gasteiger partial charge in [0.05, 0.1) is 17.2 Å². The van der Waals surface area contributed by atoms with Gasteiger partial charge >= 0.3 is 0 Å². The Morgan fingerprint density at radius 2 is 1.88 bits per heavy atom. The van der Waals surface area contributed by atoms with E-state index in [-0.39, 0.29) is 17.7 Å². The van der Waals surface area contributed by atoms with E-state index in [4.69, 9.17) is 11.6 Å². The van der Waals surface area contributed by atoms with Crippen LogP contribution >= 0.6 is 35.1 Å². The molecule has 1 fully saturated rings. The van der Waals surface area contributed by atoms with Crippen LogP contribution in [0.3, 0.4) is 0 Å². The summed E-state index contributed by atoms with van der Waals surface area (Å²) in [5.41, 5.74) is 2.72. The van der Waals surface area contributed by atoms with Crippen molar-refractivity contribution in [3.8, 4) is 5.69 Å². The van der Waals surface area contributed by atoms with Crippen LogP contribution in [0.5, 0.6) is 0 Å². The number of rotatable bonds is 8. The van der Waals surface area contributed by atoms with Gasteiger partial charge in [-0.1, -0.05) is 61.0 Å². The van der Waals surface area contributed by atoms with E-state index in [2.05, 4.69) is 32.4 Å². The first kappa shape index (κ1) is 25.0. The van der Waals surface area contributed by atoms with Crippen molar-refractivity contribution in [2.75, 3.05) is 5.75 Å². The molecule has 0 spiro atoms. The van der Waals surface area contributed by atoms with Crippen LogP contribution in [-0.2, 0) is 10.5 Å². The zero-order valence-corrected chi connectivity index (χ0v) is 22.0. The van der Waals surface area contributed by atoms with Gasteiger partial charge in [-0.25, -0.2) is 9.97 Å². The van der Waals surface area contributed by atoms with Gasteiger partial charge in [0.25, 0.3) is 0 Å². The molecular weight excluding hydrogens is 488 g/mol. The lowest BCUT2D eigenvalue weighted by Crippen LogP contribution is -2.41. The zero-order valence-electron chi connectivity index (χ0n) is 19.6. The molecule has 4 rings (SSSR count). The molecule has 2 atom stereocenters. The first-order valence-electron chi connectivity index (χ1n) is 11.5. The molecule has 1 saturated carbocycles. The Morgan fingerprint density at radius 3 is 2.62 bits per heavy atom. The number of aromatic nitrogens is 5. The van der Waals surface area contributed by atoms with Gasteiger partial charge in [0.2, 0.25) is 5.91 Å². The van der Waals surface area contributed by atoms with Crippen molar-refractivity contribution in [3.05, 3.63) is 52.6 Å². The van der Waals surface area contributed by atoms with Gasteiger partial charge < -0.3 is 5.32 Å². The molecule has 1 amide bonds. The number of halogens is 1. The molecule has 1 N–H and O–H groups in total. The highest BCUT2D eigenvalue weighted by atomic mass is 35.5. The van der Waals surface area contributed by atoms with Crippen molar-refractivity contribution in [1.29, 1.82) is 0 Å². The summed E-state index contributed by atoms with van der Waals surface area (Å²) < 4.78 is 1.96. The van der Waals surface area contributed by atoms with Gasteiger partial charge in [0.15, 0.2) is 10.3 Å². The predicted molar refractivity (Wildman–Crippen MR) is 138 cm³/mol. The second-order valence-corrected chi connectivity index (χ2v) is 11.0. The third-order valence-corrected chi connectivity index (χ3v) is 7.86. The van der Waals surface area contributed by atoms with E-state index in [1.807, 2.05) is 48.7 Å². The number of thioether (sulfide) groups is 2. The summed E-state index contributed by atoms with van der Waals surface area (Å²) in [6, 6.07) is 9.78. The lowest BCUT2D eigenvalue weighted by atomic mass is 9.86. The summed E-state index contributed by atoms with van der Waals surface area (Å²) in [5, 5.41) is 14.0. The van der Waals surface area contributed by atoms with Crippen LogP contribution in [0.15, 0.2) is 40.6 Å².